The van der Waals surface area contributed by atoms with Crippen LogP contribution in [-0.2, 0) is 9.53 Å². The lowest BCUT2D eigenvalue weighted by atomic mass is 10.0. The number of carbonyl (C=O) groups excluding carboxylic acids is 2. The molecule has 0 unspecified atom stereocenters. The molecule has 1 aromatic heterocycles. The largest absolute Gasteiger partial charge is 0.452 e. The zero-order valence-electron chi connectivity index (χ0n) is 15.0. The van der Waals surface area contributed by atoms with Gasteiger partial charge in [-0.05, 0) is 23.6 Å². The molecule has 3 aromatic carbocycles. The summed E-state index contributed by atoms with van der Waals surface area (Å²) in [5, 5.41) is 3.47. The number of hydrogen-bond donors (Lipinski definition) is 2. The lowest BCUT2D eigenvalue weighted by Gasteiger charge is -2.09. The Hall–Kier alpha value is -3.66. The van der Waals surface area contributed by atoms with Gasteiger partial charge < -0.3 is 10.5 Å². The number of rotatable bonds is 4. The van der Waals surface area contributed by atoms with E-state index in [1.807, 2.05) is 0 Å². The second kappa shape index (κ2) is 7.64. The fourth-order valence-electron chi connectivity index (χ4n) is 2.93. The summed E-state index contributed by atoms with van der Waals surface area (Å²) in [5.74, 6) is -5.95. The number of nitrogen functional groups attached to an aromatic ring is 1. The van der Waals surface area contributed by atoms with Crippen molar-refractivity contribution in [2.75, 3.05) is 17.7 Å². The third kappa shape index (κ3) is 3.52. The van der Waals surface area contributed by atoms with Crippen molar-refractivity contribution in [2.24, 2.45) is 0 Å². The normalized spacial score (nSPS) is 11.0. The van der Waals surface area contributed by atoms with Gasteiger partial charge in [0.1, 0.15) is 5.52 Å². The van der Waals surface area contributed by atoms with Gasteiger partial charge in [0.15, 0.2) is 29.2 Å². The standard InChI is InChI=1S/C20H12F3N3O3S/c21-11-7-13-18(17(23)16(11)22)26-20(30-13)25-14(27)8-29-19(28)10-5-1-3-9-4-2-6-12(24)15(9)10/h1-7H,8,24H2,(H,25,26,27). The summed E-state index contributed by atoms with van der Waals surface area (Å²) in [4.78, 5) is 28.3. The number of halogens is 3. The first kappa shape index (κ1) is 19.6. The van der Waals surface area contributed by atoms with Crippen LogP contribution >= 0.6 is 11.3 Å². The molecular formula is C20H12F3N3O3S. The Bertz CT molecular complexity index is 1320. The first-order valence-electron chi connectivity index (χ1n) is 8.53. The number of aromatic nitrogens is 1. The van der Waals surface area contributed by atoms with E-state index in [1.54, 1.807) is 30.3 Å². The topological polar surface area (TPSA) is 94.3 Å². The molecule has 1 heterocycles. The van der Waals surface area contributed by atoms with Crippen LogP contribution in [0.1, 0.15) is 10.4 Å². The maximum atomic E-state index is 13.7. The molecule has 6 nitrogen and oxygen atoms in total. The van der Waals surface area contributed by atoms with Crippen LogP contribution in [0.4, 0.5) is 24.0 Å². The molecule has 0 aliphatic heterocycles. The Kier molecular flexibility index (Phi) is 5.00. The van der Waals surface area contributed by atoms with Crippen LogP contribution in [0.5, 0.6) is 0 Å². The van der Waals surface area contributed by atoms with Crippen molar-refractivity contribution in [1.29, 1.82) is 0 Å². The van der Waals surface area contributed by atoms with Gasteiger partial charge in [-0.3, -0.25) is 10.1 Å². The van der Waals surface area contributed by atoms with Crippen molar-refractivity contribution >= 4 is 55.0 Å². The number of ether oxygens (including phenoxy) is 1. The van der Waals surface area contributed by atoms with Crippen LogP contribution in [0.15, 0.2) is 42.5 Å². The predicted molar refractivity (Wildman–Crippen MR) is 107 cm³/mol. The molecule has 0 fully saturated rings. The number of esters is 1. The van der Waals surface area contributed by atoms with Gasteiger partial charge >= 0.3 is 5.97 Å². The molecular weight excluding hydrogens is 419 g/mol. The zero-order chi connectivity index (χ0) is 21.4. The lowest BCUT2D eigenvalue weighted by molar-refractivity contribution is -0.119. The van der Waals surface area contributed by atoms with Crippen molar-refractivity contribution in [3.8, 4) is 0 Å². The van der Waals surface area contributed by atoms with E-state index in [-0.39, 0.29) is 15.4 Å². The Balaban J connectivity index is 1.48. The van der Waals surface area contributed by atoms with Gasteiger partial charge in [-0.25, -0.2) is 22.9 Å². The molecule has 4 aromatic rings. The van der Waals surface area contributed by atoms with Gasteiger partial charge in [-0.1, -0.05) is 35.6 Å². The SMILES string of the molecule is Nc1cccc2cccc(C(=O)OCC(=O)Nc3nc4c(F)c(F)c(F)cc4s3)c12. The number of nitrogens with one attached hydrogen (secondary N) is 1. The van der Waals surface area contributed by atoms with Gasteiger partial charge in [0.25, 0.3) is 5.91 Å². The Morgan fingerprint density at radius 1 is 1.10 bits per heavy atom. The number of thiazole rings is 1. The Morgan fingerprint density at radius 2 is 1.83 bits per heavy atom. The van der Waals surface area contributed by atoms with E-state index in [0.29, 0.717) is 11.1 Å². The van der Waals surface area contributed by atoms with Crippen molar-refractivity contribution in [3.63, 3.8) is 0 Å². The summed E-state index contributed by atoms with van der Waals surface area (Å²) < 4.78 is 45.4. The average Bonchev–Trinajstić information content (AvgIpc) is 3.12. The minimum Gasteiger partial charge on any atom is -0.452 e. The smallest absolute Gasteiger partial charge is 0.339 e. The van der Waals surface area contributed by atoms with E-state index >= 15 is 0 Å². The van der Waals surface area contributed by atoms with Crippen molar-refractivity contribution < 1.29 is 27.5 Å². The van der Waals surface area contributed by atoms with Crippen LogP contribution < -0.4 is 11.1 Å². The summed E-state index contributed by atoms with van der Waals surface area (Å²) in [5.41, 5.74) is 6.13. The molecule has 0 spiro atoms. The summed E-state index contributed by atoms with van der Waals surface area (Å²) >= 11 is 0.750. The summed E-state index contributed by atoms with van der Waals surface area (Å²) in [7, 11) is 0. The number of benzene rings is 3. The van der Waals surface area contributed by atoms with Gasteiger partial charge in [0.05, 0.1) is 10.3 Å². The van der Waals surface area contributed by atoms with Gasteiger partial charge in [-0.15, -0.1) is 0 Å². The van der Waals surface area contributed by atoms with E-state index in [2.05, 4.69) is 10.3 Å². The third-order valence-corrected chi connectivity index (χ3v) is 5.18. The number of nitrogens with two attached hydrogens (primary N) is 1. The number of carbonyl (C=O) groups is 2. The fraction of sp³-hybridized carbons (Fsp3) is 0.0500. The highest BCUT2D eigenvalue weighted by molar-refractivity contribution is 7.22. The van der Waals surface area contributed by atoms with E-state index in [0.717, 1.165) is 22.8 Å². The summed E-state index contributed by atoms with van der Waals surface area (Å²) in [6.07, 6.45) is 0. The van der Waals surface area contributed by atoms with Gasteiger partial charge in [0, 0.05) is 11.1 Å². The molecule has 0 saturated carbocycles. The Morgan fingerprint density at radius 3 is 2.60 bits per heavy atom. The monoisotopic (exact) mass is 431 g/mol. The maximum absolute atomic E-state index is 13.7. The number of anilines is 2. The molecule has 0 atom stereocenters. The molecule has 1 amide bonds. The molecule has 4 rings (SSSR count). The zero-order valence-corrected chi connectivity index (χ0v) is 15.9. The van der Waals surface area contributed by atoms with E-state index < -0.39 is 41.5 Å². The third-order valence-electron chi connectivity index (χ3n) is 4.26. The van der Waals surface area contributed by atoms with Crippen LogP contribution in [0.3, 0.4) is 0 Å². The van der Waals surface area contributed by atoms with E-state index in [4.69, 9.17) is 10.5 Å². The summed E-state index contributed by atoms with van der Waals surface area (Å²) in [6.45, 7) is -0.650. The second-order valence-corrected chi connectivity index (χ2v) is 7.26. The van der Waals surface area contributed by atoms with Crippen molar-refractivity contribution in [2.45, 2.75) is 0 Å². The first-order chi connectivity index (χ1) is 14.3. The van der Waals surface area contributed by atoms with Crippen LogP contribution in [-0.4, -0.2) is 23.5 Å². The molecule has 0 aliphatic rings. The lowest BCUT2D eigenvalue weighted by Crippen LogP contribution is -2.21. The number of fused-ring (bicyclic) bond motifs is 2. The number of hydrogen-bond acceptors (Lipinski definition) is 6. The molecule has 152 valence electrons. The number of amides is 1. The minimum absolute atomic E-state index is 0.0184. The highest BCUT2D eigenvalue weighted by Gasteiger charge is 2.19. The second-order valence-electron chi connectivity index (χ2n) is 6.23. The van der Waals surface area contributed by atoms with Crippen molar-refractivity contribution in [1.82, 2.24) is 4.98 Å². The minimum atomic E-state index is -1.64. The van der Waals surface area contributed by atoms with Crippen molar-refractivity contribution in [3.05, 3.63) is 65.5 Å². The highest BCUT2D eigenvalue weighted by Crippen LogP contribution is 2.30. The van der Waals surface area contributed by atoms with Gasteiger partial charge in [0.2, 0.25) is 0 Å². The van der Waals surface area contributed by atoms with Crippen LogP contribution in [0.2, 0.25) is 0 Å². The summed E-state index contributed by atoms with van der Waals surface area (Å²) in [6, 6.07) is 10.9. The first-order valence-corrected chi connectivity index (χ1v) is 9.35. The van der Waals surface area contributed by atoms with E-state index in [1.165, 1.54) is 6.07 Å². The molecule has 30 heavy (non-hydrogen) atoms. The maximum Gasteiger partial charge on any atom is 0.339 e. The Labute approximate surface area is 171 Å². The van der Waals surface area contributed by atoms with Crippen LogP contribution in [0.25, 0.3) is 21.0 Å². The molecule has 0 bridgehead atoms. The molecule has 0 radical (unpaired) electrons. The highest BCUT2D eigenvalue weighted by atomic mass is 32.1. The quantitative estimate of drug-likeness (QED) is 0.286. The number of nitrogens with zero attached hydrogens (tertiary/aromatic N) is 1. The van der Waals surface area contributed by atoms with Gasteiger partial charge in [-0.2, -0.15) is 0 Å². The molecule has 0 aliphatic carbocycles. The molecule has 3 N–H and O–H groups in total. The fourth-order valence-corrected chi connectivity index (χ4v) is 3.84. The van der Waals surface area contributed by atoms with Crippen LogP contribution in [0, 0.1) is 17.5 Å². The van der Waals surface area contributed by atoms with E-state index in [9.17, 15) is 22.8 Å². The predicted octanol–water partition coefficient (Wildman–Crippen LogP) is 4.24. The average molecular weight is 431 g/mol. The molecule has 10 heteroatoms. The molecule has 0 saturated heterocycles.